The molecule has 2 rings (SSSR count). The third-order valence-corrected chi connectivity index (χ3v) is 3.51. The second kappa shape index (κ2) is 5.06. The van der Waals surface area contributed by atoms with E-state index < -0.39 is 0 Å². The zero-order chi connectivity index (χ0) is 13.3. The number of halogens is 1. The van der Waals surface area contributed by atoms with E-state index in [1.165, 1.54) is 16.5 Å². The minimum Gasteiger partial charge on any atom is -0.346 e. The van der Waals surface area contributed by atoms with Crippen molar-refractivity contribution in [1.82, 2.24) is 4.57 Å². The van der Waals surface area contributed by atoms with Gasteiger partial charge < -0.3 is 10.3 Å². The molecule has 1 aromatic heterocycles. The van der Waals surface area contributed by atoms with Gasteiger partial charge in [0.25, 0.3) is 0 Å². The summed E-state index contributed by atoms with van der Waals surface area (Å²) in [6, 6.07) is 6.47. The SMILES string of the molecule is CC(C)(C)Cc1cn(CCN)c2ccc(Br)cc12. The monoisotopic (exact) mass is 308 g/mol. The lowest BCUT2D eigenvalue weighted by molar-refractivity contribution is 0.412. The molecule has 1 heterocycles. The van der Waals surface area contributed by atoms with Crippen molar-refractivity contribution in [2.45, 2.75) is 33.7 Å². The highest BCUT2D eigenvalue weighted by molar-refractivity contribution is 9.10. The summed E-state index contributed by atoms with van der Waals surface area (Å²) in [6.45, 7) is 8.38. The van der Waals surface area contributed by atoms with Crippen molar-refractivity contribution in [1.29, 1.82) is 0 Å². The van der Waals surface area contributed by atoms with Crippen molar-refractivity contribution in [3.8, 4) is 0 Å². The largest absolute Gasteiger partial charge is 0.346 e. The molecule has 0 saturated carbocycles. The molecule has 0 atom stereocenters. The standard InChI is InChI=1S/C15H21BrN2/c1-15(2,3)9-11-10-18(7-6-17)14-5-4-12(16)8-13(11)14/h4-5,8,10H,6-7,9,17H2,1-3H3. The van der Waals surface area contributed by atoms with Gasteiger partial charge in [-0.15, -0.1) is 0 Å². The van der Waals surface area contributed by atoms with Gasteiger partial charge >= 0.3 is 0 Å². The van der Waals surface area contributed by atoms with Crippen LogP contribution in [0, 0.1) is 5.41 Å². The molecule has 0 unspecified atom stereocenters. The van der Waals surface area contributed by atoms with Gasteiger partial charge in [-0.1, -0.05) is 36.7 Å². The molecule has 0 aliphatic heterocycles. The Labute approximate surface area is 117 Å². The molecule has 0 amide bonds. The summed E-state index contributed by atoms with van der Waals surface area (Å²) in [6.07, 6.45) is 3.34. The number of rotatable bonds is 3. The first kappa shape index (κ1) is 13.6. The van der Waals surface area contributed by atoms with Crippen molar-refractivity contribution in [2.75, 3.05) is 6.54 Å². The minimum atomic E-state index is 0.296. The third kappa shape index (κ3) is 2.96. The molecule has 2 nitrogen and oxygen atoms in total. The van der Waals surface area contributed by atoms with Gasteiger partial charge in [0.2, 0.25) is 0 Å². The molecule has 0 aliphatic rings. The van der Waals surface area contributed by atoms with Crippen LogP contribution in [0.15, 0.2) is 28.9 Å². The molecule has 0 radical (unpaired) electrons. The van der Waals surface area contributed by atoms with E-state index in [0.29, 0.717) is 12.0 Å². The molecule has 3 heteroatoms. The first-order valence-electron chi connectivity index (χ1n) is 6.38. The van der Waals surface area contributed by atoms with E-state index in [9.17, 15) is 0 Å². The molecule has 0 spiro atoms. The fraction of sp³-hybridized carbons (Fsp3) is 0.467. The van der Waals surface area contributed by atoms with Crippen molar-refractivity contribution in [3.05, 3.63) is 34.4 Å². The Morgan fingerprint density at radius 1 is 1.28 bits per heavy atom. The highest BCUT2D eigenvalue weighted by Gasteiger charge is 2.16. The molecule has 0 fully saturated rings. The maximum absolute atomic E-state index is 5.69. The Morgan fingerprint density at radius 2 is 2.00 bits per heavy atom. The lowest BCUT2D eigenvalue weighted by Gasteiger charge is -2.17. The second-order valence-corrected chi connectivity index (χ2v) is 6.95. The van der Waals surface area contributed by atoms with Crippen LogP contribution in [0.1, 0.15) is 26.3 Å². The number of nitrogens with two attached hydrogens (primary N) is 1. The Kier molecular flexibility index (Phi) is 3.83. The van der Waals surface area contributed by atoms with E-state index in [4.69, 9.17) is 5.73 Å². The second-order valence-electron chi connectivity index (χ2n) is 6.04. The van der Waals surface area contributed by atoms with E-state index in [0.717, 1.165) is 17.4 Å². The van der Waals surface area contributed by atoms with Crippen LogP contribution in [-0.2, 0) is 13.0 Å². The van der Waals surface area contributed by atoms with Crippen LogP contribution in [0.2, 0.25) is 0 Å². The quantitative estimate of drug-likeness (QED) is 0.914. The fourth-order valence-electron chi connectivity index (χ4n) is 2.38. The van der Waals surface area contributed by atoms with Crippen LogP contribution in [0.4, 0.5) is 0 Å². The number of nitrogens with zero attached hydrogens (tertiary/aromatic N) is 1. The van der Waals surface area contributed by atoms with Gasteiger partial charge in [-0.25, -0.2) is 0 Å². The number of fused-ring (bicyclic) bond motifs is 1. The lowest BCUT2D eigenvalue weighted by atomic mass is 9.88. The van der Waals surface area contributed by atoms with Crippen LogP contribution in [0.3, 0.4) is 0 Å². The molecule has 2 aromatic rings. The minimum absolute atomic E-state index is 0.296. The van der Waals surface area contributed by atoms with Crippen molar-refractivity contribution >= 4 is 26.8 Å². The van der Waals surface area contributed by atoms with E-state index in [2.05, 4.69) is 65.7 Å². The molecule has 98 valence electrons. The topological polar surface area (TPSA) is 30.9 Å². The van der Waals surface area contributed by atoms with Crippen molar-refractivity contribution in [3.63, 3.8) is 0 Å². The Bertz CT molecular complexity index is 549. The summed E-state index contributed by atoms with van der Waals surface area (Å²) in [4.78, 5) is 0. The molecule has 2 N–H and O–H groups in total. The molecule has 0 bridgehead atoms. The summed E-state index contributed by atoms with van der Waals surface area (Å²) in [5.74, 6) is 0. The van der Waals surface area contributed by atoms with Gasteiger partial charge in [0, 0.05) is 34.7 Å². The van der Waals surface area contributed by atoms with E-state index in [1.807, 2.05) is 0 Å². The highest BCUT2D eigenvalue weighted by Crippen LogP contribution is 2.30. The average Bonchev–Trinajstić information content (AvgIpc) is 2.55. The first-order valence-corrected chi connectivity index (χ1v) is 7.17. The molecular weight excluding hydrogens is 288 g/mol. The average molecular weight is 309 g/mol. The van der Waals surface area contributed by atoms with Gasteiger partial charge in [-0.05, 0) is 35.6 Å². The normalized spacial score (nSPS) is 12.3. The number of hydrogen-bond acceptors (Lipinski definition) is 1. The third-order valence-electron chi connectivity index (χ3n) is 3.02. The maximum atomic E-state index is 5.69. The van der Waals surface area contributed by atoms with Crippen LogP contribution >= 0.6 is 15.9 Å². The van der Waals surface area contributed by atoms with Gasteiger partial charge in [-0.3, -0.25) is 0 Å². The summed E-state index contributed by atoms with van der Waals surface area (Å²) >= 11 is 3.56. The molecule has 1 aromatic carbocycles. The van der Waals surface area contributed by atoms with Gasteiger partial charge in [-0.2, -0.15) is 0 Å². The predicted molar refractivity (Wildman–Crippen MR) is 81.9 cm³/mol. The smallest absolute Gasteiger partial charge is 0.0484 e. The molecule has 0 saturated heterocycles. The zero-order valence-corrected chi connectivity index (χ0v) is 12.9. The van der Waals surface area contributed by atoms with Crippen LogP contribution in [-0.4, -0.2) is 11.1 Å². The van der Waals surface area contributed by atoms with E-state index in [-0.39, 0.29) is 0 Å². The van der Waals surface area contributed by atoms with Crippen LogP contribution in [0.5, 0.6) is 0 Å². The van der Waals surface area contributed by atoms with E-state index in [1.54, 1.807) is 0 Å². The van der Waals surface area contributed by atoms with Crippen LogP contribution < -0.4 is 5.73 Å². The van der Waals surface area contributed by atoms with Gasteiger partial charge in [0.15, 0.2) is 0 Å². The van der Waals surface area contributed by atoms with Crippen molar-refractivity contribution in [2.24, 2.45) is 11.1 Å². The van der Waals surface area contributed by atoms with Crippen LogP contribution in [0.25, 0.3) is 10.9 Å². The number of benzene rings is 1. The van der Waals surface area contributed by atoms with Gasteiger partial charge in [0.1, 0.15) is 0 Å². The predicted octanol–water partition coefficient (Wildman–Crippen LogP) is 3.95. The zero-order valence-electron chi connectivity index (χ0n) is 11.3. The van der Waals surface area contributed by atoms with Crippen molar-refractivity contribution < 1.29 is 0 Å². The lowest BCUT2D eigenvalue weighted by Crippen LogP contribution is -2.10. The Hall–Kier alpha value is -0.800. The number of aromatic nitrogens is 1. The molecule has 18 heavy (non-hydrogen) atoms. The summed E-state index contributed by atoms with van der Waals surface area (Å²) in [7, 11) is 0. The molecule has 0 aliphatic carbocycles. The van der Waals surface area contributed by atoms with Gasteiger partial charge in [0.05, 0.1) is 0 Å². The Balaban J connectivity index is 2.54. The fourth-order valence-corrected chi connectivity index (χ4v) is 2.74. The summed E-state index contributed by atoms with van der Waals surface area (Å²) in [5.41, 5.74) is 8.67. The Morgan fingerprint density at radius 3 is 2.61 bits per heavy atom. The summed E-state index contributed by atoms with van der Waals surface area (Å²) < 4.78 is 3.40. The summed E-state index contributed by atoms with van der Waals surface area (Å²) in [5, 5.41) is 1.34. The highest BCUT2D eigenvalue weighted by atomic mass is 79.9. The molecular formula is C15H21BrN2. The maximum Gasteiger partial charge on any atom is 0.0484 e. The first-order chi connectivity index (χ1) is 8.40. The number of hydrogen-bond donors (Lipinski definition) is 1. The van der Waals surface area contributed by atoms with E-state index >= 15 is 0 Å².